The highest BCUT2D eigenvalue weighted by Crippen LogP contribution is 2.23. The molecule has 3 rings (SSSR count). The van der Waals surface area contributed by atoms with Crippen LogP contribution in [0.15, 0.2) is 47.9 Å². The first-order valence-electron chi connectivity index (χ1n) is 7.59. The summed E-state index contributed by atoms with van der Waals surface area (Å²) < 4.78 is 1.89. The van der Waals surface area contributed by atoms with Crippen LogP contribution in [0.3, 0.4) is 0 Å². The van der Waals surface area contributed by atoms with Crippen molar-refractivity contribution in [3.63, 3.8) is 0 Å². The molecule has 0 aliphatic carbocycles. The first-order valence-corrected chi connectivity index (χ1v) is 8.58. The van der Waals surface area contributed by atoms with E-state index in [1.165, 1.54) is 11.8 Å². The van der Waals surface area contributed by atoms with Crippen molar-refractivity contribution in [3.05, 3.63) is 59.4 Å². The molecule has 24 heavy (non-hydrogen) atoms. The van der Waals surface area contributed by atoms with Gasteiger partial charge in [0, 0.05) is 30.6 Å². The summed E-state index contributed by atoms with van der Waals surface area (Å²) in [4.78, 5) is 16.5. The molecule has 0 aliphatic heterocycles. The zero-order valence-electron chi connectivity index (χ0n) is 13.9. The van der Waals surface area contributed by atoms with Crippen LogP contribution in [-0.2, 0) is 7.05 Å². The van der Waals surface area contributed by atoms with Gasteiger partial charge in [-0.05, 0) is 31.5 Å². The summed E-state index contributed by atoms with van der Waals surface area (Å²) in [5, 5.41) is 9.11. The molecule has 6 heteroatoms. The van der Waals surface area contributed by atoms with Crippen LogP contribution in [0.1, 0.15) is 21.5 Å². The van der Waals surface area contributed by atoms with Crippen LogP contribution >= 0.6 is 11.8 Å². The van der Waals surface area contributed by atoms with Gasteiger partial charge in [0.05, 0.1) is 5.75 Å². The third kappa shape index (κ3) is 3.38. The lowest BCUT2D eigenvalue weighted by atomic mass is 10.0. The molecule has 1 aromatic carbocycles. The van der Waals surface area contributed by atoms with Crippen LogP contribution < -0.4 is 0 Å². The summed E-state index contributed by atoms with van der Waals surface area (Å²) in [7, 11) is 1.90. The Balaban J connectivity index is 1.73. The molecule has 2 aromatic heterocycles. The van der Waals surface area contributed by atoms with Crippen molar-refractivity contribution in [3.8, 4) is 11.4 Å². The topological polar surface area (TPSA) is 60.7 Å². The lowest BCUT2D eigenvalue weighted by Gasteiger charge is -2.06. The molecule has 0 spiro atoms. The lowest BCUT2D eigenvalue weighted by Crippen LogP contribution is -2.06. The molecule has 0 fully saturated rings. The Kier molecular flexibility index (Phi) is 4.76. The monoisotopic (exact) mass is 338 g/mol. The summed E-state index contributed by atoms with van der Waals surface area (Å²) in [6.07, 6.45) is 3.47. The van der Waals surface area contributed by atoms with Crippen molar-refractivity contribution in [2.24, 2.45) is 7.05 Å². The minimum Gasteiger partial charge on any atom is -0.305 e. The second-order valence-corrected chi connectivity index (χ2v) is 6.58. The Labute approximate surface area is 145 Å². The molecule has 0 aliphatic rings. The van der Waals surface area contributed by atoms with E-state index in [4.69, 9.17) is 0 Å². The molecular weight excluding hydrogens is 320 g/mol. The summed E-state index contributed by atoms with van der Waals surface area (Å²) >= 11 is 1.40. The van der Waals surface area contributed by atoms with E-state index in [1.807, 2.05) is 55.8 Å². The zero-order chi connectivity index (χ0) is 17.1. The van der Waals surface area contributed by atoms with Crippen LogP contribution in [0.2, 0.25) is 0 Å². The fourth-order valence-electron chi connectivity index (χ4n) is 2.52. The van der Waals surface area contributed by atoms with Crippen molar-refractivity contribution in [2.75, 3.05) is 5.75 Å². The van der Waals surface area contributed by atoms with Crippen LogP contribution in [0, 0.1) is 13.8 Å². The first-order chi connectivity index (χ1) is 11.6. The summed E-state index contributed by atoms with van der Waals surface area (Å²) in [6, 6.07) is 9.69. The lowest BCUT2D eigenvalue weighted by molar-refractivity contribution is 0.102. The van der Waals surface area contributed by atoms with E-state index in [-0.39, 0.29) is 5.78 Å². The smallest absolute Gasteiger partial charge is 0.191 e. The molecule has 0 atom stereocenters. The Morgan fingerprint density at radius 1 is 1.21 bits per heavy atom. The predicted octanol–water partition coefficient (Wildman–Crippen LogP) is 3.47. The van der Waals surface area contributed by atoms with Crippen molar-refractivity contribution in [1.29, 1.82) is 0 Å². The van der Waals surface area contributed by atoms with Gasteiger partial charge in [-0.15, -0.1) is 10.2 Å². The number of carbonyl (C=O) groups is 1. The maximum absolute atomic E-state index is 12.4. The Morgan fingerprint density at radius 2 is 2.04 bits per heavy atom. The molecule has 0 radical (unpaired) electrons. The summed E-state index contributed by atoms with van der Waals surface area (Å²) in [6.45, 7) is 3.99. The van der Waals surface area contributed by atoms with E-state index >= 15 is 0 Å². The number of aromatic nitrogens is 4. The second kappa shape index (κ2) is 6.97. The van der Waals surface area contributed by atoms with E-state index in [0.717, 1.165) is 28.1 Å². The number of pyridine rings is 1. The van der Waals surface area contributed by atoms with Crippen molar-refractivity contribution in [1.82, 2.24) is 19.7 Å². The molecule has 122 valence electrons. The fourth-order valence-corrected chi connectivity index (χ4v) is 3.32. The van der Waals surface area contributed by atoms with Gasteiger partial charge in [-0.1, -0.05) is 35.5 Å². The standard InChI is InChI=1S/C18H18N4OS/c1-12-6-7-15(13(2)9-12)16(23)11-24-18-21-20-17(22(18)3)14-5-4-8-19-10-14/h4-10H,11H2,1-3H3. The van der Waals surface area contributed by atoms with E-state index in [9.17, 15) is 4.79 Å². The van der Waals surface area contributed by atoms with Crippen molar-refractivity contribution < 1.29 is 4.79 Å². The van der Waals surface area contributed by atoms with E-state index in [2.05, 4.69) is 15.2 Å². The van der Waals surface area contributed by atoms with E-state index in [1.54, 1.807) is 12.4 Å². The zero-order valence-corrected chi connectivity index (χ0v) is 14.7. The van der Waals surface area contributed by atoms with Gasteiger partial charge >= 0.3 is 0 Å². The number of Topliss-reactive ketones (excluding diaryl/α,β-unsaturated/α-hetero) is 1. The minimum atomic E-state index is 0.100. The summed E-state index contributed by atoms with van der Waals surface area (Å²) in [5.74, 6) is 1.18. The Hall–Kier alpha value is -2.47. The van der Waals surface area contributed by atoms with Gasteiger partial charge < -0.3 is 4.57 Å². The quantitative estimate of drug-likeness (QED) is 0.526. The number of hydrogen-bond donors (Lipinski definition) is 0. The third-order valence-corrected chi connectivity index (χ3v) is 4.79. The Morgan fingerprint density at radius 3 is 2.75 bits per heavy atom. The van der Waals surface area contributed by atoms with Gasteiger partial charge in [-0.25, -0.2) is 0 Å². The number of benzene rings is 1. The van der Waals surface area contributed by atoms with Gasteiger partial charge in [0.25, 0.3) is 0 Å². The highest BCUT2D eigenvalue weighted by molar-refractivity contribution is 7.99. The highest BCUT2D eigenvalue weighted by atomic mass is 32.2. The van der Waals surface area contributed by atoms with Gasteiger partial charge in [0.2, 0.25) is 0 Å². The number of hydrogen-bond acceptors (Lipinski definition) is 5. The predicted molar refractivity (Wildman–Crippen MR) is 95.2 cm³/mol. The molecule has 3 aromatic rings. The van der Waals surface area contributed by atoms with Crippen LogP contribution in [0.25, 0.3) is 11.4 Å². The molecule has 0 N–H and O–H groups in total. The molecule has 5 nitrogen and oxygen atoms in total. The molecule has 0 amide bonds. The third-order valence-electron chi connectivity index (χ3n) is 3.77. The summed E-state index contributed by atoms with van der Waals surface area (Å²) in [5.41, 5.74) is 3.84. The largest absolute Gasteiger partial charge is 0.305 e. The van der Waals surface area contributed by atoms with Gasteiger partial charge in [-0.2, -0.15) is 0 Å². The number of rotatable bonds is 5. The molecular formula is C18H18N4OS. The van der Waals surface area contributed by atoms with Crippen LogP contribution in [-0.4, -0.2) is 31.3 Å². The highest BCUT2D eigenvalue weighted by Gasteiger charge is 2.15. The first kappa shape index (κ1) is 16.4. The number of carbonyl (C=O) groups excluding carboxylic acids is 1. The molecule has 0 unspecified atom stereocenters. The van der Waals surface area contributed by atoms with E-state index in [0.29, 0.717) is 10.9 Å². The number of ketones is 1. The maximum atomic E-state index is 12.4. The number of thioether (sulfide) groups is 1. The van der Waals surface area contributed by atoms with Gasteiger partial charge in [0.1, 0.15) is 0 Å². The van der Waals surface area contributed by atoms with Gasteiger partial charge in [-0.3, -0.25) is 9.78 Å². The minimum absolute atomic E-state index is 0.100. The number of aryl methyl sites for hydroxylation is 2. The molecule has 0 bridgehead atoms. The van der Waals surface area contributed by atoms with Crippen LogP contribution in [0.4, 0.5) is 0 Å². The maximum Gasteiger partial charge on any atom is 0.191 e. The fraction of sp³-hybridized carbons (Fsp3) is 0.222. The molecule has 0 saturated heterocycles. The van der Waals surface area contributed by atoms with E-state index < -0.39 is 0 Å². The van der Waals surface area contributed by atoms with Gasteiger partial charge in [0.15, 0.2) is 16.8 Å². The number of nitrogens with zero attached hydrogens (tertiary/aromatic N) is 4. The van der Waals surface area contributed by atoms with Crippen molar-refractivity contribution >= 4 is 17.5 Å². The average Bonchev–Trinajstić information content (AvgIpc) is 2.94. The normalized spacial score (nSPS) is 10.8. The average molecular weight is 338 g/mol. The second-order valence-electron chi connectivity index (χ2n) is 5.64. The Bertz CT molecular complexity index is 874. The van der Waals surface area contributed by atoms with Crippen molar-refractivity contribution in [2.45, 2.75) is 19.0 Å². The van der Waals surface area contributed by atoms with Crippen LogP contribution in [0.5, 0.6) is 0 Å². The molecule has 2 heterocycles. The SMILES string of the molecule is Cc1ccc(C(=O)CSc2nnc(-c3cccnc3)n2C)c(C)c1. The molecule has 0 saturated carbocycles.